The predicted molar refractivity (Wildman–Crippen MR) is 140 cm³/mol. The Morgan fingerprint density at radius 1 is 0.892 bits per heavy atom. The van der Waals surface area contributed by atoms with Gasteiger partial charge in [-0.1, -0.05) is 36.4 Å². The summed E-state index contributed by atoms with van der Waals surface area (Å²) in [6, 6.07) is 26.4. The van der Waals surface area contributed by atoms with Gasteiger partial charge in [-0.3, -0.25) is 4.68 Å². The molecule has 1 saturated heterocycles. The maximum atomic E-state index is 5.99. The monoisotopic (exact) mass is 489 g/mol. The Hall–Kier alpha value is -4.53. The molecule has 37 heavy (non-hydrogen) atoms. The van der Waals surface area contributed by atoms with Gasteiger partial charge in [0, 0.05) is 22.0 Å². The highest BCUT2D eigenvalue weighted by atomic mass is 16.7. The van der Waals surface area contributed by atoms with Crippen molar-refractivity contribution in [1.29, 1.82) is 0 Å². The third kappa shape index (κ3) is 4.22. The van der Waals surface area contributed by atoms with Crippen molar-refractivity contribution in [2.24, 2.45) is 0 Å². The second kappa shape index (κ2) is 9.16. The molecule has 3 aromatic heterocycles. The van der Waals surface area contributed by atoms with E-state index in [1.165, 1.54) is 5.56 Å². The molecule has 4 heterocycles. The third-order valence-corrected chi connectivity index (χ3v) is 6.48. The minimum absolute atomic E-state index is 0.435. The molecule has 1 fully saturated rings. The summed E-state index contributed by atoms with van der Waals surface area (Å²) in [4.78, 5) is 8.99. The quantitative estimate of drug-likeness (QED) is 0.303. The summed E-state index contributed by atoms with van der Waals surface area (Å²) in [5, 5.41) is 10.0. The highest BCUT2D eigenvalue weighted by Gasteiger charge is 2.22. The molecule has 0 saturated carbocycles. The largest absolute Gasteiger partial charge is 0.456 e. The van der Waals surface area contributed by atoms with Crippen LogP contribution >= 0.6 is 0 Å². The first-order chi connectivity index (χ1) is 18.3. The van der Waals surface area contributed by atoms with Crippen LogP contribution in [-0.4, -0.2) is 33.0 Å². The van der Waals surface area contributed by atoms with E-state index in [1.54, 1.807) is 6.33 Å². The van der Waals surface area contributed by atoms with E-state index >= 15 is 0 Å². The van der Waals surface area contributed by atoms with E-state index in [0.717, 1.165) is 51.2 Å². The topological polar surface area (TPSA) is 87.2 Å². The molecule has 6 aromatic rings. The SMILES string of the molecule is c1ccc(Cn2ncc3cc(Nc4ncnc5cc(-c6ccc(C7OCCO7)o6)ccc45)ccc32)cc1. The van der Waals surface area contributed by atoms with Crippen molar-refractivity contribution in [3.05, 3.63) is 103 Å². The summed E-state index contributed by atoms with van der Waals surface area (Å²) >= 11 is 0. The van der Waals surface area contributed by atoms with Crippen LogP contribution < -0.4 is 5.32 Å². The lowest BCUT2D eigenvalue weighted by Gasteiger charge is -2.10. The van der Waals surface area contributed by atoms with Crippen LogP contribution in [0.5, 0.6) is 0 Å². The van der Waals surface area contributed by atoms with Gasteiger partial charge in [-0.2, -0.15) is 5.10 Å². The van der Waals surface area contributed by atoms with Crippen molar-refractivity contribution < 1.29 is 13.9 Å². The normalized spacial score (nSPS) is 14.1. The lowest BCUT2D eigenvalue weighted by Crippen LogP contribution is -2.01. The number of hydrogen-bond donors (Lipinski definition) is 1. The highest BCUT2D eigenvalue weighted by molar-refractivity contribution is 5.94. The zero-order chi connectivity index (χ0) is 24.6. The number of furan rings is 1. The van der Waals surface area contributed by atoms with Crippen molar-refractivity contribution in [1.82, 2.24) is 19.7 Å². The van der Waals surface area contributed by atoms with Crippen molar-refractivity contribution in [3.63, 3.8) is 0 Å². The minimum atomic E-state index is -0.435. The van der Waals surface area contributed by atoms with Gasteiger partial charge >= 0.3 is 0 Å². The molecule has 0 atom stereocenters. The van der Waals surface area contributed by atoms with E-state index in [-0.39, 0.29) is 0 Å². The third-order valence-electron chi connectivity index (χ3n) is 6.48. The molecule has 1 N–H and O–H groups in total. The summed E-state index contributed by atoms with van der Waals surface area (Å²) in [7, 11) is 0. The fraction of sp³-hybridized carbons (Fsp3) is 0.138. The molecule has 0 amide bonds. The summed E-state index contributed by atoms with van der Waals surface area (Å²) < 4.78 is 19.1. The molecule has 182 valence electrons. The van der Waals surface area contributed by atoms with Gasteiger partial charge in [0.15, 0.2) is 5.76 Å². The average Bonchev–Trinajstić information content (AvgIpc) is 3.71. The molecule has 0 unspecified atom stereocenters. The Bertz CT molecular complexity index is 1700. The molecule has 8 nitrogen and oxygen atoms in total. The Morgan fingerprint density at radius 2 is 1.78 bits per heavy atom. The van der Waals surface area contributed by atoms with Crippen LogP contribution in [0.25, 0.3) is 33.1 Å². The van der Waals surface area contributed by atoms with Crippen molar-refractivity contribution in [2.45, 2.75) is 12.8 Å². The number of fused-ring (bicyclic) bond motifs is 2. The number of aromatic nitrogens is 4. The highest BCUT2D eigenvalue weighted by Crippen LogP contribution is 2.32. The van der Waals surface area contributed by atoms with Crippen LogP contribution in [-0.2, 0) is 16.0 Å². The molecule has 0 radical (unpaired) electrons. The first-order valence-corrected chi connectivity index (χ1v) is 12.1. The number of nitrogens with one attached hydrogen (secondary N) is 1. The zero-order valence-corrected chi connectivity index (χ0v) is 19.9. The second-order valence-electron chi connectivity index (χ2n) is 8.92. The Morgan fingerprint density at radius 3 is 2.68 bits per heavy atom. The second-order valence-corrected chi connectivity index (χ2v) is 8.92. The molecule has 1 aliphatic heterocycles. The standard InChI is InChI=1S/C29H23N5O3/c1-2-4-19(5-3-1)17-34-25-9-7-22(14-21(25)16-32-34)33-28-23-8-6-20(15-24(23)30-18-31-28)26-10-11-27(37-26)29-35-12-13-36-29/h1-11,14-16,18,29H,12-13,17H2,(H,30,31,33). The molecule has 0 aliphatic carbocycles. The predicted octanol–water partition coefficient (Wildman–Crippen LogP) is 6.08. The Kier molecular flexibility index (Phi) is 5.38. The maximum Gasteiger partial charge on any atom is 0.217 e. The van der Waals surface area contributed by atoms with E-state index in [0.29, 0.717) is 19.0 Å². The van der Waals surface area contributed by atoms with E-state index in [1.807, 2.05) is 65.5 Å². The number of hydrogen-bond acceptors (Lipinski definition) is 7. The van der Waals surface area contributed by atoms with Crippen LogP contribution in [0.1, 0.15) is 17.6 Å². The first kappa shape index (κ1) is 21.7. The van der Waals surface area contributed by atoms with Crippen molar-refractivity contribution in [2.75, 3.05) is 18.5 Å². The molecular weight excluding hydrogens is 466 g/mol. The zero-order valence-electron chi connectivity index (χ0n) is 19.9. The van der Waals surface area contributed by atoms with Crippen LogP contribution in [0, 0.1) is 0 Å². The van der Waals surface area contributed by atoms with Gasteiger partial charge in [-0.15, -0.1) is 0 Å². The Balaban J connectivity index is 1.14. The van der Waals surface area contributed by atoms with E-state index in [4.69, 9.17) is 13.9 Å². The van der Waals surface area contributed by atoms with E-state index in [9.17, 15) is 0 Å². The van der Waals surface area contributed by atoms with Crippen LogP contribution in [0.2, 0.25) is 0 Å². The van der Waals surface area contributed by atoms with Crippen LogP contribution in [0.4, 0.5) is 11.5 Å². The van der Waals surface area contributed by atoms with Crippen molar-refractivity contribution in [3.8, 4) is 11.3 Å². The van der Waals surface area contributed by atoms with Crippen molar-refractivity contribution >= 4 is 33.3 Å². The number of benzene rings is 3. The molecule has 1 aliphatic rings. The van der Waals surface area contributed by atoms with Gasteiger partial charge in [0.25, 0.3) is 0 Å². The van der Waals surface area contributed by atoms with E-state index in [2.05, 4.69) is 44.6 Å². The fourth-order valence-electron chi connectivity index (χ4n) is 4.65. The van der Waals surface area contributed by atoms with Gasteiger partial charge < -0.3 is 19.2 Å². The average molecular weight is 490 g/mol. The number of rotatable bonds is 6. The van der Waals surface area contributed by atoms with Gasteiger partial charge in [-0.25, -0.2) is 9.97 Å². The van der Waals surface area contributed by atoms with E-state index < -0.39 is 6.29 Å². The van der Waals surface area contributed by atoms with Gasteiger partial charge in [0.2, 0.25) is 6.29 Å². The Labute approximate surface area is 212 Å². The molecular formula is C29H23N5O3. The first-order valence-electron chi connectivity index (χ1n) is 12.1. The van der Waals surface area contributed by atoms with Gasteiger partial charge in [0.1, 0.15) is 17.9 Å². The molecule has 0 spiro atoms. The fourth-order valence-corrected chi connectivity index (χ4v) is 4.65. The number of anilines is 2. The summed E-state index contributed by atoms with van der Waals surface area (Å²) in [6.45, 7) is 1.88. The molecule has 0 bridgehead atoms. The summed E-state index contributed by atoms with van der Waals surface area (Å²) in [6.07, 6.45) is 3.03. The number of ether oxygens (including phenoxy) is 2. The lowest BCUT2D eigenvalue weighted by atomic mass is 10.1. The summed E-state index contributed by atoms with van der Waals surface area (Å²) in [5.41, 5.74) is 4.97. The summed E-state index contributed by atoms with van der Waals surface area (Å²) in [5.74, 6) is 2.14. The molecule has 8 heteroatoms. The maximum absolute atomic E-state index is 5.99. The van der Waals surface area contributed by atoms with Crippen LogP contribution in [0.3, 0.4) is 0 Å². The van der Waals surface area contributed by atoms with Crippen LogP contribution in [0.15, 0.2) is 95.8 Å². The minimum Gasteiger partial charge on any atom is -0.456 e. The smallest absolute Gasteiger partial charge is 0.217 e. The molecule has 7 rings (SSSR count). The number of nitrogens with zero attached hydrogens (tertiary/aromatic N) is 4. The lowest BCUT2D eigenvalue weighted by molar-refractivity contribution is -0.0585. The molecule has 3 aromatic carbocycles. The van der Waals surface area contributed by atoms with Gasteiger partial charge in [-0.05, 0) is 48.0 Å². The van der Waals surface area contributed by atoms with Gasteiger partial charge in [0.05, 0.1) is 37.0 Å².